The van der Waals surface area contributed by atoms with Gasteiger partial charge in [0.15, 0.2) is 5.96 Å². The molecule has 0 saturated heterocycles. The molecule has 0 aromatic carbocycles. The lowest BCUT2D eigenvalue weighted by molar-refractivity contribution is 0.506. The van der Waals surface area contributed by atoms with Gasteiger partial charge in [-0.05, 0) is 34.1 Å². The molecular weight excluding hydrogens is 210 g/mol. The van der Waals surface area contributed by atoms with Crippen LogP contribution in [0.25, 0.3) is 0 Å². The minimum Gasteiger partial charge on any atom is -0.370 e. The quantitative estimate of drug-likeness (QED) is 0.559. The van der Waals surface area contributed by atoms with Crippen LogP contribution in [-0.2, 0) is 10.8 Å². The molecule has 0 heterocycles. The Morgan fingerprint density at radius 3 is 2.47 bits per heavy atom. The number of hydrogen-bond acceptors (Lipinski definition) is 2. The molecule has 0 bridgehead atoms. The lowest BCUT2D eigenvalue weighted by Crippen LogP contribution is -2.45. The molecule has 5 heteroatoms. The smallest absolute Gasteiger partial charge is 0.189 e. The Bertz CT molecular complexity index is 246. The summed E-state index contributed by atoms with van der Waals surface area (Å²) >= 11 is 0. The summed E-state index contributed by atoms with van der Waals surface area (Å²) in [5.74, 6) is 1.13. The van der Waals surface area contributed by atoms with E-state index in [0.29, 0.717) is 11.7 Å². The fourth-order valence-electron chi connectivity index (χ4n) is 1.05. The maximum atomic E-state index is 10.9. The number of nitrogens with zero attached hydrogens (tertiary/aromatic N) is 1. The van der Waals surface area contributed by atoms with Crippen LogP contribution in [-0.4, -0.2) is 33.8 Å². The van der Waals surface area contributed by atoms with E-state index in [4.69, 9.17) is 5.73 Å². The Morgan fingerprint density at radius 2 is 2.07 bits per heavy atom. The van der Waals surface area contributed by atoms with Crippen molar-refractivity contribution in [1.29, 1.82) is 0 Å². The molecule has 90 valence electrons. The first-order chi connectivity index (χ1) is 6.70. The van der Waals surface area contributed by atoms with Gasteiger partial charge in [0.25, 0.3) is 0 Å². The lowest BCUT2D eigenvalue weighted by Gasteiger charge is -2.21. The van der Waals surface area contributed by atoms with Crippen LogP contribution < -0.4 is 11.1 Å². The molecule has 0 amide bonds. The summed E-state index contributed by atoms with van der Waals surface area (Å²) in [6.07, 6.45) is 2.50. The zero-order valence-corrected chi connectivity index (χ0v) is 11.1. The normalized spacial score (nSPS) is 17.3. The highest BCUT2D eigenvalue weighted by atomic mass is 32.2. The van der Waals surface area contributed by atoms with Gasteiger partial charge in [0.2, 0.25) is 0 Å². The Labute approximate surface area is 95.2 Å². The molecule has 0 fully saturated rings. The zero-order chi connectivity index (χ0) is 12.1. The van der Waals surface area contributed by atoms with Crippen LogP contribution in [0.15, 0.2) is 4.99 Å². The van der Waals surface area contributed by atoms with E-state index in [1.54, 1.807) is 6.26 Å². The van der Waals surface area contributed by atoms with Gasteiger partial charge in [-0.15, -0.1) is 0 Å². The van der Waals surface area contributed by atoms with Crippen molar-refractivity contribution >= 4 is 16.8 Å². The van der Waals surface area contributed by atoms with E-state index in [-0.39, 0.29) is 11.6 Å². The van der Waals surface area contributed by atoms with Crippen molar-refractivity contribution in [3.8, 4) is 0 Å². The highest BCUT2D eigenvalue weighted by molar-refractivity contribution is 7.84. The average molecular weight is 233 g/mol. The van der Waals surface area contributed by atoms with Crippen molar-refractivity contribution in [1.82, 2.24) is 5.32 Å². The SMILES string of the molecule is CC(CCS(C)=O)N=C(N)NC(C)(C)C. The van der Waals surface area contributed by atoms with E-state index >= 15 is 0 Å². The topological polar surface area (TPSA) is 67.5 Å². The minimum absolute atomic E-state index is 0.0686. The van der Waals surface area contributed by atoms with Crippen LogP contribution in [0.5, 0.6) is 0 Å². The second-order valence-corrected chi connectivity index (χ2v) is 6.36. The molecule has 0 spiro atoms. The number of nitrogens with two attached hydrogens (primary N) is 1. The number of nitrogens with one attached hydrogen (secondary N) is 1. The monoisotopic (exact) mass is 233 g/mol. The average Bonchev–Trinajstić information content (AvgIpc) is 1.96. The summed E-state index contributed by atoms with van der Waals surface area (Å²) in [7, 11) is -0.750. The van der Waals surface area contributed by atoms with E-state index in [1.165, 1.54) is 0 Å². The van der Waals surface area contributed by atoms with Gasteiger partial charge in [0.05, 0.1) is 6.04 Å². The molecule has 0 aliphatic heterocycles. The summed E-state index contributed by atoms with van der Waals surface area (Å²) in [6.45, 7) is 8.06. The summed E-state index contributed by atoms with van der Waals surface area (Å²) in [5, 5.41) is 3.09. The van der Waals surface area contributed by atoms with Crippen molar-refractivity contribution in [3.63, 3.8) is 0 Å². The molecule has 2 atom stereocenters. The fraction of sp³-hybridized carbons (Fsp3) is 0.900. The minimum atomic E-state index is -0.750. The highest BCUT2D eigenvalue weighted by Crippen LogP contribution is 2.00. The van der Waals surface area contributed by atoms with Gasteiger partial charge in [-0.3, -0.25) is 9.20 Å². The third-order valence-corrected chi connectivity index (χ3v) is 2.50. The summed E-state index contributed by atoms with van der Waals surface area (Å²) in [5.41, 5.74) is 5.66. The van der Waals surface area contributed by atoms with Crippen LogP contribution in [0, 0.1) is 0 Å². The second kappa shape index (κ2) is 6.10. The van der Waals surface area contributed by atoms with Crippen molar-refractivity contribution in [2.45, 2.75) is 45.7 Å². The lowest BCUT2D eigenvalue weighted by atomic mass is 10.1. The van der Waals surface area contributed by atoms with Gasteiger partial charge >= 0.3 is 0 Å². The molecule has 0 aliphatic rings. The summed E-state index contributed by atoms with van der Waals surface area (Å²) < 4.78 is 10.9. The molecular formula is C10H23N3OS. The number of rotatable bonds is 4. The Kier molecular flexibility index (Phi) is 5.87. The van der Waals surface area contributed by atoms with Gasteiger partial charge in [0.1, 0.15) is 0 Å². The first-order valence-electron chi connectivity index (χ1n) is 5.12. The Morgan fingerprint density at radius 1 is 1.53 bits per heavy atom. The molecule has 0 saturated carbocycles. The van der Waals surface area contributed by atoms with E-state index in [0.717, 1.165) is 6.42 Å². The predicted octanol–water partition coefficient (Wildman–Crippen LogP) is 0.846. The van der Waals surface area contributed by atoms with Gasteiger partial charge in [0, 0.05) is 28.3 Å². The molecule has 0 rings (SSSR count). The Balaban J connectivity index is 4.06. The van der Waals surface area contributed by atoms with E-state index in [1.807, 2.05) is 27.7 Å². The molecule has 3 N–H and O–H groups in total. The van der Waals surface area contributed by atoms with Crippen LogP contribution in [0.3, 0.4) is 0 Å². The number of hydrogen-bond donors (Lipinski definition) is 2. The van der Waals surface area contributed by atoms with Crippen LogP contribution in [0.1, 0.15) is 34.1 Å². The molecule has 0 aromatic heterocycles. The van der Waals surface area contributed by atoms with Crippen molar-refractivity contribution in [2.75, 3.05) is 12.0 Å². The van der Waals surface area contributed by atoms with E-state index in [9.17, 15) is 4.21 Å². The van der Waals surface area contributed by atoms with Crippen molar-refractivity contribution in [3.05, 3.63) is 0 Å². The standard InChI is InChI=1S/C10H23N3OS/c1-8(6-7-15(5)14)12-9(11)13-10(2,3)4/h8H,6-7H2,1-5H3,(H3,11,12,13). The zero-order valence-electron chi connectivity index (χ0n) is 10.3. The van der Waals surface area contributed by atoms with Gasteiger partial charge in [-0.2, -0.15) is 0 Å². The largest absolute Gasteiger partial charge is 0.370 e. The highest BCUT2D eigenvalue weighted by Gasteiger charge is 2.10. The summed E-state index contributed by atoms with van der Waals surface area (Å²) in [4.78, 5) is 4.28. The maximum Gasteiger partial charge on any atom is 0.189 e. The molecule has 0 aromatic rings. The molecule has 4 nitrogen and oxygen atoms in total. The summed E-state index contributed by atoms with van der Waals surface area (Å²) in [6, 6.07) is 0.115. The number of aliphatic imine (C=N–C) groups is 1. The van der Waals surface area contributed by atoms with E-state index < -0.39 is 10.8 Å². The first kappa shape index (κ1) is 14.4. The van der Waals surface area contributed by atoms with Gasteiger partial charge in [-0.1, -0.05) is 0 Å². The van der Waals surface area contributed by atoms with Crippen LogP contribution >= 0.6 is 0 Å². The predicted molar refractivity (Wildman–Crippen MR) is 67.5 cm³/mol. The fourth-order valence-corrected chi connectivity index (χ4v) is 1.73. The molecule has 2 unspecified atom stereocenters. The molecule has 0 aliphatic carbocycles. The third kappa shape index (κ3) is 9.72. The number of guanidine groups is 1. The van der Waals surface area contributed by atoms with Crippen molar-refractivity contribution < 1.29 is 4.21 Å². The van der Waals surface area contributed by atoms with Crippen LogP contribution in [0.4, 0.5) is 0 Å². The maximum absolute atomic E-state index is 10.9. The van der Waals surface area contributed by atoms with Gasteiger partial charge < -0.3 is 11.1 Å². The van der Waals surface area contributed by atoms with E-state index in [2.05, 4.69) is 10.3 Å². The van der Waals surface area contributed by atoms with Crippen molar-refractivity contribution in [2.24, 2.45) is 10.7 Å². The first-order valence-corrected chi connectivity index (χ1v) is 6.85. The Hall–Kier alpha value is -0.580. The molecule has 15 heavy (non-hydrogen) atoms. The third-order valence-electron chi connectivity index (χ3n) is 1.69. The van der Waals surface area contributed by atoms with Crippen LogP contribution in [0.2, 0.25) is 0 Å². The van der Waals surface area contributed by atoms with Gasteiger partial charge in [-0.25, -0.2) is 0 Å². The molecule has 0 radical (unpaired) electrons. The second-order valence-electron chi connectivity index (χ2n) is 4.80.